The molecular formula is C74H46N8. The van der Waals surface area contributed by atoms with Crippen molar-refractivity contribution in [2.24, 2.45) is 0 Å². The molecule has 0 aliphatic carbocycles. The zero-order valence-corrected chi connectivity index (χ0v) is 44.1. The quantitative estimate of drug-likeness (QED) is 0.152. The molecule has 8 nitrogen and oxygen atoms in total. The summed E-state index contributed by atoms with van der Waals surface area (Å²) in [4.78, 5) is 21.2. The summed E-state index contributed by atoms with van der Waals surface area (Å²) in [6.07, 6.45) is 1.92. The Labute approximate surface area is 470 Å². The molecule has 17 rings (SSSR count). The first kappa shape index (κ1) is 45.8. The van der Waals surface area contributed by atoms with Crippen molar-refractivity contribution in [2.45, 2.75) is 0 Å². The first-order valence-corrected chi connectivity index (χ1v) is 27.7. The summed E-state index contributed by atoms with van der Waals surface area (Å²) < 4.78 is 9.67. The van der Waals surface area contributed by atoms with Gasteiger partial charge in [-0.25, -0.2) is 15.0 Å². The Kier molecular flexibility index (Phi) is 10.1. The van der Waals surface area contributed by atoms with Gasteiger partial charge in [0.15, 0.2) is 17.5 Å². The van der Waals surface area contributed by atoms with E-state index in [1.807, 2.05) is 42.6 Å². The van der Waals surface area contributed by atoms with E-state index in [9.17, 15) is 0 Å². The van der Waals surface area contributed by atoms with Crippen LogP contribution in [0.5, 0.6) is 0 Å². The first-order valence-electron chi connectivity index (χ1n) is 27.7. The molecule has 0 atom stereocenters. The smallest absolute Gasteiger partial charge is 0.164 e. The van der Waals surface area contributed by atoms with E-state index in [2.05, 4.69) is 255 Å². The van der Waals surface area contributed by atoms with Crippen molar-refractivity contribution >= 4 is 87.2 Å². The minimum atomic E-state index is 0.558. The maximum atomic E-state index is 5.51. The zero-order valence-electron chi connectivity index (χ0n) is 44.1. The van der Waals surface area contributed by atoms with E-state index in [1.165, 1.54) is 21.5 Å². The fourth-order valence-corrected chi connectivity index (χ4v) is 12.9. The molecule has 6 aromatic heterocycles. The van der Waals surface area contributed by atoms with Gasteiger partial charge >= 0.3 is 0 Å². The van der Waals surface area contributed by atoms with Crippen LogP contribution in [0, 0.1) is 0 Å². The van der Waals surface area contributed by atoms with E-state index < -0.39 is 0 Å². The van der Waals surface area contributed by atoms with Crippen molar-refractivity contribution < 1.29 is 0 Å². The van der Waals surface area contributed by atoms with Gasteiger partial charge in [-0.3, -0.25) is 4.98 Å². The second-order valence-electron chi connectivity index (χ2n) is 21.0. The highest BCUT2D eigenvalue weighted by atomic mass is 15.1. The van der Waals surface area contributed by atoms with Gasteiger partial charge in [-0.05, 0) is 103 Å². The van der Waals surface area contributed by atoms with Crippen LogP contribution in [0.15, 0.2) is 279 Å². The van der Waals surface area contributed by atoms with Crippen molar-refractivity contribution in [3.05, 3.63) is 279 Å². The highest BCUT2D eigenvalue weighted by molar-refractivity contribution is 6.21. The molecule has 82 heavy (non-hydrogen) atoms. The molecule has 0 fully saturated rings. The van der Waals surface area contributed by atoms with Crippen molar-refractivity contribution in [3.8, 4) is 68.2 Å². The van der Waals surface area contributed by atoms with Gasteiger partial charge in [0, 0.05) is 82.9 Å². The number of fused-ring (bicyclic) bond motifs is 12. The summed E-state index contributed by atoms with van der Waals surface area (Å²) >= 11 is 0. The predicted octanol–water partition coefficient (Wildman–Crippen LogP) is 18.3. The summed E-state index contributed by atoms with van der Waals surface area (Å²) in [5.74, 6) is 1.75. The molecule has 17 aromatic rings. The summed E-state index contributed by atoms with van der Waals surface area (Å²) in [5.41, 5.74) is 17.3. The molecule has 0 saturated carbocycles. The molecule has 11 aromatic carbocycles. The van der Waals surface area contributed by atoms with E-state index in [-0.39, 0.29) is 0 Å². The number of benzene rings is 11. The van der Waals surface area contributed by atoms with Crippen LogP contribution in [-0.4, -0.2) is 38.2 Å². The molecule has 8 heteroatoms. The van der Waals surface area contributed by atoms with Crippen LogP contribution in [0.3, 0.4) is 0 Å². The van der Waals surface area contributed by atoms with Crippen LogP contribution in [0.4, 0.5) is 0 Å². The number of aromatic nitrogens is 8. The normalized spacial score (nSPS) is 11.9. The Morgan fingerprint density at radius 2 is 0.598 bits per heavy atom. The van der Waals surface area contributed by atoms with Gasteiger partial charge in [-0.2, -0.15) is 0 Å². The number of nitrogens with zero attached hydrogens (tertiary/aromatic N) is 8. The monoisotopic (exact) mass is 1050 g/mol. The van der Waals surface area contributed by atoms with Crippen LogP contribution >= 0.6 is 0 Å². The molecular weight excluding hydrogens is 1000 g/mol. The highest BCUT2D eigenvalue weighted by Gasteiger charge is 2.26. The molecule has 0 spiro atoms. The molecule has 0 amide bonds. The van der Waals surface area contributed by atoms with Gasteiger partial charge < -0.3 is 18.3 Å². The molecule has 0 radical (unpaired) electrons. The Morgan fingerprint density at radius 3 is 1.05 bits per heavy atom. The maximum absolute atomic E-state index is 5.51. The van der Waals surface area contributed by atoms with Crippen LogP contribution in [0.2, 0.25) is 0 Å². The van der Waals surface area contributed by atoms with Crippen LogP contribution in [-0.2, 0) is 0 Å². The second-order valence-corrected chi connectivity index (χ2v) is 21.0. The minimum absolute atomic E-state index is 0.558. The minimum Gasteiger partial charge on any atom is -0.309 e. The highest BCUT2D eigenvalue weighted by Crippen LogP contribution is 2.45. The third kappa shape index (κ3) is 6.98. The fraction of sp³-hybridized carbons (Fsp3) is 0. The fourth-order valence-electron chi connectivity index (χ4n) is 12.9. The molecule has 0 unspecified atom stereocenters. The van der Waals surface area contributed by atoms with E-state index >= 15 is 0 Å². The lowest BCUT2D eigenvalue weighted by Crippen LogP contribution is -2.05. The molecule has 0 bridgehead atoms. The van der Waals surface area contributed by atoms with Gasteiger partial charge in [-0.1, -0.05) is 170 Å². The van der Waals surface area contributed by atoms with E-state index in [1.54, 1.807) is 0 Å². The Bertz CT molecular complexity index is 5330. The van der Waals surface area contributed by atoms with Crippen LogP contribution in [0.1, 0.15) is 0 Å². The lowest BCUT2D eigenvalue weighted by molar-refractivity contribution is 1.07. The average Bonchev–Trinajstić information content (AvgIpc) is 4.02. The Morgan fingerprint density at radius 1 is 0.232 bits per heavy atom. The van der Waals surface area contributed by atoms with Gasteiger partial charge in [0.25, 0.3) is 0 Å². The molecule has 0 saturated heterocycles. The molecule has 0 aliphatic rings. The zero-order chi connectivity index (χ0) is 53.8. The molecule has 382 valence electrons. The summed E-state index contributed by atoms with van der Waals surface area (Å²) in [6.45, 7) is 0. The number of hydrogen-bond donors (Lipinski definition) is 0. The SMILES string of the molecule is c1ccc(-c2nc(-c3ccccc3)nc(-c3ccc(-n4c5ccccc5c5cc6c7ccccc7n(-c7ccccc7)c6cc54)c(-c4ncccc4-n4c5ccccc5c5cc6c7ccccc7n(-c7ccccc7)c6cc54)c3)n2)cc1. The number of pyridine rings is 1. The number of rotatable bonds is 8. The van der Waals surface area contributed by atoms with Gasteiger partial charge in [0.2, 0.25) is 0 Å². The second kappa shape index (κ2) is 18.2. The standard InChI is InChI=1S/C74H46N8/c1-5-22-47(23-6-1)72-76-73(48-24-7-2-8-25-48)78-74(77-72)49-39-40-65(81-63-36-19-15-32-54(63)58-43-56-52-30-13-17-34-61(52)79(67(56)45-69(58)81)50-26-9-3-10-27-50)60(42-49)71-66(38-21-41-75-71)82-64-37-20-16-33-55(64)59-44-57-53-31-14-18-35-62(53)80(68(57)46-70(59)82)51-28-11-4-12-29-51/h1-46H. The van der Waals surface area contributed by atoms with Crippen LogP contribution in [0.25, 0.3) is 155 Å². The third-order valence-electron chi connectivity index (χ3n) is 16.4. The number of para-hydroxylation sites is 6. The summed E-state index contributed by atoms with van der Waals surface area (Å²) in [5, 5.41) is 9.45. The summed E-state index contributed by atoms with van der Waals surface area (Å²) in [6, 6.07) is 97.3. The first-order chi connectivity index (χ1) is 40.7. The van der Waals surface area contributed by atoms with E-state index in [0.717, 1.165) is 116 Å². The van der Waals surface area contributed by atoms with Crippen molar-refractivity contribution in [1.29, 1.82) is 0 Å². The van der Waals surface area contributed by atoms with Gasteiger partial charge in [-0.15, -0.1) is 0 Å². The Hall–Kier alpha value is -11.2. The molecule has 0 N–H and O–H groups in total. The van der Waals surface area contributed by atoms with Crippen LogP contribution < -0.4 is 0 Å². The van der Waals surface area contributed by atoms with Gasteiger partial charge in [0.05, 0.1) is 61.2 Å². The van der Waals surface area contributed by atoms with Crippen molar-refractivity contribution in [2.75, 3.05) is 0 Å². The topological polar surface area (TPSA) is 71.3 Å². The number of hydrogen-bond acceptors (Lipinski definition) is 4. The third-order valence-corrected chi connectivity index (χ3v) is 16.4. The lowest BCUT2D eigenvalue weighted by atomic mass is 10.0. The van der Waals surface area contributed by atoms with E-state index in [4.69, 9.17) is 19.9 Å². The molecule has 6 heterocycles. The van der Waals surface area contributed by atoms with Gasteiger partial charge in [0.1, 0.15) is 0 Å². The van der Waals surface area contributed by atoms with Crippen molar-refractivity contribution in [1.82, 2.24) is 38.2 Å². The molecule has 0 aliphatic heterocycles. The largest absolute Gasteiger partial charge is 0.309 e. The van der Waals surface area contributed by atoms with Crippen molar-refractivity contribution in [3.63, 3.8) is 0 Å². The summed E-state index contributed by atoms with van der Waals surface area (Å²) in [7, 11) is 0. The predicted molar refractivity (Wildman–Crippen MR) is 337 cm³/mol. The average molecular weight is 1050 g/mol. The maximum Gasteiger partial charge on any atom is 0.164 e. The Balaban J connectivity index is 0.981. The lowest BCUT2D eigenvalue weighted by Gasteiger charge is -2.19. The van der Waals surface area contributed by atoms with E-state index in [0.29, 0.717) is 17.5 Å².